The van der Waals surface area contributed by atoms with Crippen LogP contribution in [-0.2, 0) is 24.8 Å². The summed E-state index contributed by atoms with van der Waals surface area (Å²) in [5.74, 6) is -1.61. The van der Waals surface area contributed by atoms with Gasteiger partial charge < -0.3 is 50.5 Å². The molecular formula is C21H31N5O14. The van der Waals surface area contributed by atoms with Gasteiger partial charge in [0.2, 0.25) is 5.91 Å². The maximum absolute atomic E-state index is 12.0. The first-order chi connectivity index (χ1) is 18.7. The Balaban J connectivity index is 0.000000230. The number of carbonyl (C=O) groups is 3. The van der Waals surface area contributed by atoms with Crippen molar-refractivity contribution in [3.05, 3.63) is 27.0 Å². The van der Waals surface area contributed by atoms with Gasteiger partial charge >= 0.3 is 17.7 Å². The second-order valence-electron chi connectivity index (χ2n) is 9.27. The van der Waals surface area contributed by atoms with E-state index in [4.69, 9.17) is 24.8 Å². The van der Waals surface area contributed by atoms with Gasteiger partial charge in [-0.1, -0.05) is 0 Å². The SMILES string of the molecule is C[C@@]1(n2cc(NCC(=O)O)c(=O)[nH]c2=O)O[C@H](CO)[C@@H](O)[C@H]1O.O=C1CCN([C@@H]2O[C@H](CO)[C@@H](O)[C@H]2O)C(=O)N1. The Morgan fingerprint density at radius 1 is 1.07 bits per heavy atom. The van der Waals surface area contributed by atoms with Crippen LogP contribution in [-0.4, -0.2) is 137 Å². The number of aliphatic hydroxyl groups is 6. The van der Waals surface area contributed by atoms with Crippen LogP contribution < -0.4 is 21.9 Å². The normalized spacial score (nSPS) is 33.8. The van der Waals surface area contributed by atoms with E-state index < -0.39 is 97.5 Å². The molecule has 0 unspecified atom stereocenters. The first-order valence-corrected chi connectivity index (χ1v) is 11.9. The minimum atomic E-state index is -1.76. The number of imide groups is 1. The van der Waals surface area contributed by atoms with E-state index in [0.717, 1.165) is 15.7 Å². The van der Waals surface area contributed by atoms with Crippen LogP contribution in [0.5, 0.6) is 0 Å². The van der Waals surface area contributed by atoms with E-state index in [0.29, 0.717) is 0 Å². The third-order valence-electron chi connectivity index (χ3n) is 6.58. The van der Waals surface area contributed by atoms with E-state index in [9.17, 15) is 44.4 Å². The number of carboxylic acids is 1. The molecule has 4 rings (SSSR count). The first-order valence-electron chi connectivity index (χ1n) is 11.9. The molecule has 40 heavy (non-hydrogen) atoms. The lowest BCUT2D eigenvalue weighted by Crippen LogP contribution is -2.56. The van der Waals surface area contributed by atoms with Crippen LogP contribution in [0, 0.1) is 0 Å². The van der Waals surface area contributed by atoms with Gasteiger partial charge in [0.15, 0.2) is 12.0 Å². The number of hydrogen-bond acceptors (Lipinski definition) is 14. The number of rotatable bonds is 7. The highest BCUT2D eigenvalue weighted by Crippen LogP contribution is 2.34. The predicted molar refractivity (Wildman–Crippen MR) is 128 cm³/mol. The third kappa shape index (κ3) is 6.15. The van der Waals surface area contributed by atoms with Crippen LogP contribution in [0.4, 0.5) is 10.5 Å². The Bertz CT molecular complexity index is 1220. The summed E-state index contributed by atoms with van der Waals surface area (Å²) in [6.45, 7) is -0.211. The minimum absolute atomic E-state index is 0.108. The number of carbonyl (C=O) groups excluding carboxylic acids is 2. The fourth-order valence-corrected chi connectivity index (χ4v) is 4.37. The molecule has 3 saturated heterocycles. The summed E-state index contributed by atoms with van der Waals surface area (Å²) < 4.78 is 11.4. The number of aromatic amines is 1. The molecule has 0 spiro atoms. The van der Waals surface area contributed by atoms with Crippen molar-refractivity contribution in [3.8, 4) is 0 Å². The number of aliphatic carboxylic acids is 1. The molecule has 4 heterocycles. The number of ether oxygens (including phenoxy) is 2. The summed E-state index contributed by atoms with van der Waals surface area (Å²) in [6, 6.07) is -0.670. The van der Waals surface area contributed by atoms with Gasteiger partial charge in [-0.05, 0) is 6.92 Å². The van der Waals surface area contributed by atoms with E-state index in [1.165, 1.54) is 6.92 Å². The highest BCUT2D eigenvalue weighted by molar-refractivity contribution is 5.96. The van der Waals surface area contributed by atoms with Gasteiger partial charge in [0.25, 0.3) is 5.56 Å². The Morgan fingerprint density at radius 2 is 1.73 bits per heavy atom. The highest BCUT2D eigenvalue weighted by atomic mass is 16.6. The van der Waals surface area contributed by atoms with Crippen molar-refractivity contribution in [2.24, 2.45) is 0 Å². The van der Waals surface area contributed by atoms with Crippen molar-refractivity contribution in [1.82, 2.24) is 19.8 Å². The summed E-state index contributed by atoms with van der Waals surface area (Å²) in [6.07, 6.45) is -7.56. The molecule has 3 aliphatic heterocycles. The molecule has 1 aromatic rings. The maximum atomic E-state index is 12.0. The molecule has 19 nitrogen and oxygen atoms in total. The summed E-state index contributed by atoms with van der Waals surface area (Å²) in [4.78, 5) is 59.8. The number of H-pyrrole nitrogens is 1. The van der Waals surface area contributed by atoms with Crippen molar-refractivity contribution in [2.45, 2.75) is 61.9 Å². The van der Waals surface area contributed by atoms with Crippen LogP contribution >= 0.6 is 0 Å². The Hall–Kier alpha value is -3.43. The zero-order valence-corrected chi connectivity index (χ0v) is 21.0. The van der Waals surface area contributed by atoms with Crippen molar-refractivity contribution in [1.29, 1.82) is 0 Å². The molecule has 19 heteroatoms. The number of aromatic nitrogens is 2. The zero-order valence-electron chi connectivity index (χ0n) is 21.0. The van der Waals surface area contributed by atoms with Gasteiger partial charge in [0.05, 0.1) is 13.2 Å². The second kappa shape index (κ2) is 12.4. The minimum Gasteiger partial charge on any atom is -0.480 e. The van der Waals surface area contributed by atoms with Gasteiger partial charge in [0.1, 0.15) is 48.9 Å². The number of urea groups is 1. The molecule has 0 aromatic carbocycles. The largest absolute Gasteiger partial charge is 0.480 e. The Labute approximate surface area is 224 Å². The molecule has 0 bridgehead atoms. The highest BCUT2D eigenvalue weighted by Gasteiger charge is 2.53. The topological polar surface area (TPSA) is 293 Å². The van der Waals surface area contributed by atoms with Crippen LogP contribution in [0.25, 0.3) is 0 Å². The molecule has 8 atom stereocenters. The summed E-state index contributed by atoms with van der Waals surface area (Å²) in [7, 11) is 0. The number of amides is 3. The van der Waals surface area contributed by atoms with Crippen molar-refractivity contribution in [3.63, 3.8) is 0 Å². The van der Waals surface area contributed by atoms with Crippen molar-refractivity contribution < 1.29 is 59.6 Å². The third-order valence-corrected chi connectivity index (χ3v) is 6.58. The van der Waals surface area contributed by atoms with Crippen LogP contribution in [0.2, 0.25) is 0 Å². The number of carboxylic acid groups (broad SMARTS) is 1. The van der Waals surface area contributed by atoms with E-state index >= 15 is 0 Å². The summed E-state index contributed by atoms with van der Waals surface area (Å²) in [5, 5.41) is 70.3. The number of anilines is 1. The molecule has 0 saturated carbocycles. The standard InChI is InChI=1S/C12H17N3O8.C9H14N2O6/c1-12(9(20)8(19)6(4-16)23-12)15-3-5(13-2-7(17)18)10(21)14-11(15)22;12-3-4-6(14)7(15)8(17-4)11-2-1-5(13)10-9(11)16/h3,6,8-9,13,16,19-20H,2,4H2,1H3,(H,17,18)(H,14,21,22);4,6-8,12,14-15H,1-3H2,(H,10,13,16)/t6-,8-,9-,12-;4-,6-,7-,8-/m11/s1. The average molecular weight is 578 g/mol. The molecule has 0 aliphatic carbocycles. The lowest BCUT2D eigenvalue weighted by atomic mass is 10.0. The zero-order chi connectivity index (χ0) is 29.9. The van der Waals surface area contributed by atoms with Gasteiger partial charge in [-0.15, -0.1) is 0 Å². The quantitative estimate of drug-likeness (QED) is 0.144. The molecule has 3 aliphatic rings. The Morgan fingerprint density at radius 3 is 2.25 bits per heavy atom. The van der Waals surface area contributed by atoms with Crippen molar-refractivity contribution in [2.75, 3.05) is 31.6 Å². The number of nitrogens with one attached hydrogen (secondary N) is 3. The van der Waals surface area contributed by atoms with Gasteiger partial charge in [-0.2, -0.15) is 0 Å². The van der Waals surface area contributed by atoms with Gasteiger partial charge in [-0.3, -0.25) is 34.2 Å². The van der Waals surface area contributed by atoms with E-state index in [2.05, 4.69) is 10.6 Å². The Kier molecular flexibility index (Phi) is 9.64. The lowest BCUT2D eigenvalue weighted by molar-refractivity contribution is -0.137. The molecular weight excluding hydrogens is 546 g/mol. The van der Waals surface area contributed by atoms with Crippen LogP contribution in [0.1, 0.15) is 13.3 Å². The molecule has 3 fully saturated rings. The fraction of sp³-hybridized carbons (Fsp3) is 0.667. The van der Waals surface area contributed by atoms with E-state index in [-0.39, 0.29) is 18.7 Å². The van der Waals surface area contributed by atoms with Crippen LogP contribution in [0.15, 0.2) is 15.8 Å². The fourth-order valence-electron chi connectivity index (χ4n) is 4.37. The molecule has 3 amide bonds. The summed E-state index contributed by atoms with van der Waals surface area (Å²) in [5.41, 5.74) is -3.76. The maximum Gasteiger partial charge on any atom is 0.330 e. The monoisotopic (exact) mass is 577 g/mol. The molecule has 1 aromatic heterocycles. The number of nitrogens with zero attached hydrogens (tertiary/aromatic N) is 2. The lowest BCUT2D eigenvalue weighted by Gasteiger charge is -2.32. The van der Waals surface area contributed by atoms with Crippen LogP contribution in [0.3, 0.4) is 0 Å². The number of hydrogen-bond donors (Lipinski definition) is 10. The summed E-state index contributed by atoms with van der Waals surface area (Å²) >= 11 is 0. The van der Waals surface area contributed by atoms with Gasteiger partial charge in [0, 0.05) is 19.2 Å². The molecule has 10 N–H and O–H groups in total. The first kappa shape index (κ1) is 31.1. The van der Waals surface area contributed by atoms with E-state index in [1.54, 1.807) is 0 Å². The number of aliphatic hydroxyl groups excluding tert-OH is 6. The van der Waals surface area contributed by atoms with Gasteiger partial charge in [-0.25, -0.2) is 9.59 Å². The average Bonchev–Trinajstić information content (AvgIpc) is 3.31. The smallest absolute Gasteiger partial charge is 0.330 e. The predicted octanol–water partition coefficient (Wildman–Crippen LogP) is -5.81. The van der Waals surface area contributed by atoms with E-state index in [1.807, 2.05) is 4.98 Å². The van der Waals surface area contributed by atoms with Crippen molar-refractivity contribution >= 4 is 23.6 Å². The molecule has 0 radical (unpaired) electrons. The second-order valence-corrected chi connectivity index (χ2v) is 9.27. The molecule has 224 valence electrons.